The Balaban J connectivity index is 1.71. The van der Waals surface area contributed by atoms with Crippen molar-refractivity contribution in [2.75, 3.05) is 5.06 Å². The second-order valence-corrected chi connectivity index (χ2v) is 6.08. The highest BCUT2D eigenvalue weighted by atomic mass is 16.7. The van der Waals surface area contributed by atoms with Crippen molar-refractivity contribution in [1.29, 1.82) is 0 Å². The molecule has 0 N–H and O–H groups in total. The molecule has 0 unspecified atom stereocenters. The number of para-hydroxylation sites is 1. The Morgan fingerprint density at radius 1 is 0.955 bits per heavy atom. The molecule has 1 heterocycles. The SMILES string of the molecule is O=C(c1ccccc1)[C@@H]1[C@@H]2CCC[C@@H]2ON1c1ccccc1. The Morgan fingerprint density at radius 2 is 1.64 bits per heavy atom. The Morgan fingerprint density at radius 3 is 2.36 bits per heavy atom. The number of rotatable bonds is 3. The standard InChI is InChI=1S/C19H19NO2/c21-19(14-8-3-1-4-9-14)18-16-12-7-13-17(16)22-20(18)15-10-5-2-6-11-15/h1-6,8-11,16-18H,7,12-13H2/t16-,17+,18+/m1/s1. The fourth-order valence-electron chi connectivity index (χ4n) is 3.70. The number of carbonyl (C=O) groups is 1. The molecular formula is C19H19NO2. The maximum absolute atomic E-state index is 13.1. The van der Waals surface area contributed by atoms with E-state index in [1.807, 2.05) is 65.7 Å². The van der Waals surface area contributed by atoms with E-state index in [1.54, 1.807) is 0 Å². The molecule has 3 atom stereocenters. The molecule has 0 amide bonds. The fourth-order valence-corrected chi connectivity index (χ4v) is 3.70. The molecule has 1 aliphatic carbocycles. The molecule has 1 aliphatic heterocycles. The van der Waals surface area contributed by atoms with E-state index in [0.717, 1.165) is 30.5 Å². The molecule has 3 heteroatoms. The number of anilines is 1. The molecule has 0 radical (unpaired) electrons. The first kappa shape index (κ1) is 13.5. The number of hydrogen-bond acceptors (Lipinski definition) is 3. The zero-order chi connectivity index (χ0) is 14.9. The van der Waals surface area contributed by atoms with E-state index < -0.39 is 0 Å². The van der Waals surface area contributed by atoms with E-state index in [-0.39, 0.29) is 17.9 Å². The van der Waals surface area contributed by atoms with E-state index in [2.05, 4.69) is 0 Å². The number of ketones is 1. The van der Waals surface area contributed by atoms with Gasteiger partial charge in [0.25, 0.3) is 0 Å². The summed E-state index contributed by atoms with van der Waals surface area (Å²) in [4.78, 5) is 19.2. The lowest BCUT2D eigenvalue weighted by Crippen LogP contribution is -2.39. The minimum absolute atomic E-state index is 0.166. The maximum Gasteiger partial charge on any atom is 0.188 e. The van der Waals surface area contributed by atoms with Crippen molar-refractivity contribution >= 4 is 11.5 Å². The number of Topliss-reactive ketones (excluding diaryl/α,β-unsaturated/α-hetero) is 1. The number of carbonyl (C=O) groups excluding carboxylic acids is 1. The van der Waals surface area contributed by atoms with Gasteiger partial charge in [0.1, 0.15) is 6.04 Å². The van der Waals surface area contributed by atoms with Crippen LogP contribution < -0.4 is 5.06 Å². The highest BCUT2D eigenvalue weighted by molar-refractivity contribution is 6.02. The summed E-state index contributed by atoms with van der Waals surface area (Å²) < 4.78 is 0. The van der Waals surface area contributed by atoms with Gasteiger partial charge in [-0.2, -0.15) is 0 Å². The number of hydroxylamine groups is 1. The zero-order valence-electron chi connectivity index (χ0n) is 12.4. The summed E-state index contributed by atoms with van der Waals surface area (Å²) in [6, 6.07) is 19.3. The monoisotopic (exact) mass is 293 g/mol. The molecule has 3 nitrogen and oxygen atoms in total. The molecule has 2 fully saturated rings. The molecule has 1 saturated heterocycles. The van der Waals surface area contributed by atoms with Crippen molar-refractivity contribution in [3.05, 3.63) is 66.2 Å². The van der Waals surface area contributed by atoms with E-state index in [1.165, 1.54) is 0 Å². The molecule has 112 valence electrons. The van der Waals surface area contributed by atoms with Crippen LogP contribution in [-0.4, -0.2) is 17.9 Å². The Hall–Kier alpha value is -2.13. The van der Waals surface area contributed by atoms with Crippen molar-refractivity contribution in [2.45, 2.75) is 31.4 Å². The maximum atomic E-state index is 13.1. The summed E-state index contributed by atoms with van der Waals surface area (Å²) in [5.74, 6) is 0.465. The third kappa shape index (κ3) is 2.22. The summed E-state index contributed by atoms with van der Waals surface area (Å²) in [5, 5.41) is 1.85. The van der Waals surface area contributed by atoms with Crippen molar-refractivity contribution in [3.63, 3.8) is 0 Å². The highest BCUT2D eigenvalue weighted by Crippen LogP contribution is 2.42. The smallest absolute Gasteiger partial charge is 0.188 e. The summed E-state index contributed by atoms with van der Waals surface area (Å²) in [7, 11) is 0. The van der Waals surface area contributed by atoms with E-state index >= 15 is 0 Å². The topological polar surface area (TPSA) is 29.5 Å². The number of hydrogen-bond donors (Lipinski definition) is 0. The van der Waals surface area contributed by atoms with Gasteiger partial charge in [0.2, 0.25) is 0 Å². The number of benzene rings is 2. The predicted octanol–water partition coefficient (Wildman–Crippen LogP) is 3.86. The predicted molar refractivity (Wildman–Crippen MR) is 85.7 cm³/mol. The van der Waals surface area contributed by atoms with Crippen molar-refractivity contribution in [1.82, 2.24) is 0 Å². The fraction of sp³-hybridized carbons (Fsp3) is 0.316. The third-order valence-corrected chi connectivity index (χ3v) is 4.75. The van der Waals surface area contributed by atoms with Gasteiger partial charge in [0.15, 0.2) is 5.78 Å². The Labute approximate surface area is 130 Å². The van der Waals surface area contributed by atoms with Crippen LogP contribution in [0.2, 0.25) is 0 Å². The second kappa shape index (κ2) is 5.58. The van der Waals surface area contributed by atoms with Crippen LogP contribution in [0.5, 0.6) is 0 Å². The van der Waals surface area contributed by atoms with Gasteiger partial charge >= 0.3 is 0 Å². The molecule has 22 heavy (non-hydrogen) atoms. The van der Waals surface area contributed by atoms with Gasteiger partial charge in [-0.15, -0.1) is 0 Å². The second-order valence-electron chi connectivity index (χ2n) is 6.08. The number of fused-ring (bicyclic) bond motifs is 1. The van der Waals surface area contributed by atoms with Crippen molar-refractivity contribution in [3.8, 4) is 0 Å². The van der Waals surface area contributed by atoms with Gasteiger partial charge < -0.3 is 0 Å². The van der Waals surface area contributed by atoms with Crippen LogP contribution in [-0.2, 0) is 4.84 Å². The van der Waals surface area contributed by atoms with Gasteiger partial charge in [-0.1, -0.05) is 55.0 Å². The first-order valence-electron chi connectivity index (χ1n) is 7.95. The van der Waals surface area contributed by atoms with E-state index in [9.17, 15) is 4.79 Å². The minimum Gasteiger partial charge on any atom is -0.292 e. The molecule has 0 aromatic heterocycles. The normalized spacial score (nSPS) is 26.9. The molecule has 0 spiro atoms. The average Bonchev–Trinajstić information content (AvgIpc) is 3.16. The Bertz CT molecular complexity index is 656. The quantitative estimate of drug-likeness (QED) is 0.805. The van der Waals surface area contributed by atoms with Gasteiger partial charge in [-0.05, 0) is 25.0 Å². The lowest BCUT2D eigenvalue weighted by molar-refractivity contribution is 0.0745. The summed E-state index contributed by atoms with van der Waals surface area (Å²) in [6.45, 7) is 0. The molecule has 4 rings (SSSR count). The third-order valence-electron chi connectivity index (χ3n) is 4.75. The van der Waals surface area contributed by atoms with Gasteiger partial charge in [0.05, 0.1) is 11.8 Å². The largest absolute Gasteiger partial charge is 0.292 e. The first-order valence-corrected chi connectivity index (χ1v) is 7.95. The van der Waals surface area contributed by atoms with Crippen LogP contribution in [0.15, 0.2) is 60.7 Å². The summed E-state index contributed by atoms with van der Waals surface area (Å²) >= 11 is 0. The molecular weight excluding hydrogens is 274 g/mol. The van der Waals surface area contributed by atoms with Gasteiger partial charge in [-0.25, -0.2) is 5.06 Å². The van der Waals surface area contributed by atoms with E-state index in [4.69, 9.17) is 4.84 Å². The van der Waals surface area contributed by atoms with Crippen LogP contribution in [0, 0.1) is 5.92 Å². The summed E-state index contributed by atoms with van der Waals surface area (Å²) in [5.41, 5.74) is 1.73. The summed E-state index contributed by atoms with van der Waals surface area (Å²) in [6.07, 6.45) is 3.44. The van der Waals surface area contributed by atoms with Crippen LogP contribution in [0.25, 0.3) is 0 Å². The minimum atomic E-state index is -0.211. The van der Waals surface area contributed by atoms with Crippen molar-refractivity contribution in [2.24, 2.45) is 5.92 Å². The van der Waals surface area contributed by atoms with Crippen LogP contribution in [0.4, 0.5) is 5.69 Å². The van der Waals surface area contributed by atoms with E-state index in [0.29, 0.717) is 5.92 Å². The molecule has 2 aromatic carbocycles. The molecule has 0 bridgehead atoms. The average molecular weight is 293 g/mol. The molecule has 2 aliphatic rings. The molecule has 1 saturated carbocycles. The zero-order valence-corrected chi connectivity index (χ0v) is 12.4. The molecule has 2 aromatic rings. The van der Waals surface area contributed by atoms with Crippen LogP contribution in [0.3, 0.4) is 0 Å². The number of nitrogens with zero attached hydrogens (tertiary/aromatic N) is 1. The lowest BCUT2D eigenvalue weighted by atomic mass is 9.90. The van der Waals surface area contributed by atoms with Crippen LogP contribution >= 0.6 is 0 Å². The van der Waals surface area contributed by atoms with Gasteiger partial charge in [0, 0.05) is 11.5 Å². The van der Waals surface area contributed by atoms with Crippen LogP contribution in [0.1, 0.15) is 29.6 Å². The van der Waals surface area contributed by atoms with Crippen molar-refractivity contribution < 1.29 is 9.63 Å². The highest BCUT2D eigenvalue weighted by Gasteiger charge is 2.49. The Kier molecular flexibility index (Phi) is 3.43. The lowest BCUT2D eigenvalue weighted by Gasteiger charge is -2.26. The first-order chi connectivity index (χ1) is 10.8. The van der Waals surface area contributed by atoms with Gasteiger partial charge in [-0.3, -0.25) is 9.63 Å².